The maximum atomic E-state index is 5.48. The Hall–Kier alpha value is -3.80. The lowest BCUT2D eigenvalue weighted by Crippen LogP contribution is -2.00. The first-order valence-electron chi connectivity index (χ1n) is 9.11. The van der Waals surface area contributed by atoms with E-state index in [-0.39, 0.29) is 0 Å². The summed E-state index contributed by atoms with van der Waals surface area (Å²) in [7, 11) is 4.80. The fourth-order valence-corrected chi connectivity index (χ4v) is 3.28. The largest absolute Gasteiger partial charge is 0.496 e. The Kier molecular flexibility index (Phi) is 5.16. The highest BCUT2D eigenvalue weighted by Gasteiger charge is 2.12. The minimum absolute atomic E-state index is 0.608. The molecule has 0 aliphatic heterocycles. The average molecular weight is 387 g/mol. The van der Waals surface area contributed by atoms with Crippen molar-refractivity contribution < 1.29 is 14.2 Å². The maximum absolute atomic E-state index is 5.48. The summed E-state index contributed by atoms with van der Waals surface area (Å²) in [6, 6.07) is 19.6. The van der Waals surface area contributed by atoms with Gasteiger partial charge in [-0.25, -0.2) is 4.98 Å². The molecule has 29 heavy (non-hydrogen) atoms. The molecule has 0 aliphatic rings. The number of pyridine rings is 1. The van der Waals surface area contributed by atoms with Gasteiger partial charge in [-0.05, 0) is 12.1 Å². The summed E-state index contributed by atoms with van der Waals surface area (Å²) >= 11 is 0. The molecule has 0 fully saturated rings. The van der Waals surface area contributed by atoms with E-state index in [1.807, 2.05) is 48.5 Å². The molecule has 1 heterocycles. The molecule has 3 aromatic carbocycles. The van der Waals surface area contributed by atoms with Crippen LogP contribution in [-0.4, -0.2) is 32.5 Å². The van der Waals surface area contributed by atoms with Gasteiger partial charge in [-0.15, -0.1) is 0 Å². The number of anilines is 1. The quantitative estimate of drug-likeness (QED) is 0.291. The number of methoxy groups -OCH3 is 3. The van der Waals surface area contributed by atoms with Crippen LogP contribution in [0.25, 0.3) is 21.8 Å². The van der Waals surface area contributed by atoms with Crippen LogP contribution in [0.4, 0.5) is 5.69 Å². The van der Waals surface area contributed by atoms with Gasteiger partial charge in [0.25, 0.3) is 0 Å². The van der Waals surface area contributed by atoms with E-state index in [1.165, 1.54) is 0 Å². The Balaban J connectivity index is 1.78. The zero-order valence-electron chi connectivity index (χ0n) is 16.5. The Morgan fingerprint density at radius 1 is 0.793 bits per heavy atom. The van der Waals surface area contributed by atoms with Crippen molar-refractivity contribution in [2.24, 2.45) is 5.10 Å². The Labute approximate surface area is 168 Å². The Morgan fingerprint density at radius 3 is 1.86 bits per heavy atom. The molecule has 1 aromatic heterocycles. The van der Waals surface area contributed by atoms with Crippen LogP contribution in [0.5, 0.6) is 17.2 Å². The number of ether oxygens (including phenoxy) is 3. The summed E-state index contributed by atoms with van der Waals surface area (Å²) in [5.41, 5.74) is 6.62. The fraction of sp³-hybridized carbons (Fsp3) is 0.130. The van der Waals surface area contributed by atoms with Gasteiger partial charge in [0.1, 0.15) is 17.2 Å². The van der Waals surface area contributed by atoms with Gasteiger partial charge in [-0.1, -0.05) is 36.4 Å². The standard InChI is InChI=1S/C23H21N3O3/c1-27-15-12-21(28-2)18(22(13-15)29-3)14-24-26-23-16-8-4-6-10-19(16)25-20-11-7-5-9-17(20)23/h4-14H,1-3H3,(H,25,26)/b24-14+. The van der Waals surface area contributed by atoms with E-state index in [0.29, 0.717) is 22.8 Å². The number of nitrogens with one attached hydrogen (secondary N) is 1. The summed E-state index contributed by atoms with van der Waals surface area (Å²) < 4.78 is 16.3. The van der Waals surface area contributed by atoms with Gasteiger partial charge in [0.05, 0.1) is 49.8 Å². The van der Waals surface area contributed by atoms with Crippen LogP contribution in [0, 0.1) is 0 Å². The number of hydrazone groups is 1. The normalized spacial score (nSPS) is 11.1. The molecule has 0 radical (unpaired) electrons. The summed E-state index contributed by atoms with van der Waals surface area (Å²) in [4.78, 5) is 4.73. The van der Waals surface area contributed by atoms with E-state index in [0.717, 1.165) is 27.5 Å². The summed E-state index contributed by atoms with van der Waals surface area (Å²) in [6.07, 6.45) is 1.68. The van der Waals surface area contributed by atoms with E-state index < -0.39 is 0 Å². The number of rotatable bonds is 6. The molecule has 0 amide bonds. The third kappa shape index (κ3) is 3.52. The molecule has 6 nitrogen and oxygen atoms in total. The number of aromatic nitrogens is 1. The topological polar surface area (TPSA) is 65.0 Å². The van der Waals surface area contributed by atoms with Gasteiger partial charge >= 0.3 is 0 Å². The molecular weight excluding hydrogens is 366 g/mol. The highest BCUT2D eigenvalue weighted by atomic mass is 16.5. The van der Waals surface area contributed by atoms with Gasteiger partial charge < -0.3 is 14.2 Å². The van der Waals surface area contributed by atoms with Gasteiger partial charge in [0.2, 0.25) is 0 Å². The van der Waals surface area contributed by atoms with Crippen molar-refractivity contribution in [3.05, 3.63) is 66.2 Å². The van der Waals surface area contributed by atoms with E-state index in [4.69, 9.17) is 19.2 Å². The molecule has 1 N–H and O–H groups in total. The molecule has 0 bridgehead atoms. The highest BCUT2D eigenvalue weighted by Crippen LogP contribution is 2.33. The number of para-hydroxylation sites is 2. The molecule has 6 heteroatoms. The maximum Gasteiger partial charge on any atom is 0.135 e. The van der Waals surface area contributed by atoms with Crippen LogP contribution in [-0.2, 0) is 0 Å². The average Bonchev–Trinajstić information content (AvgIpc) is 2.78. The summed E-state index contributed by atoms with van der Waals surface area (Å²) in [5.74, 6) is 1.86. The zero-order chi connectivity index (χ0) is 20.2. The first-order chi connectivity index (χ1) is 14.2. The van der Waals surface area contributed by atoms with Crippen LogP contribution >= 0.6 is 0 Å². The molecular formula is C23H21N3O3. The number of hydrogen-bond donors (Lipinski definition) is 1. The second-order valence-electron chi connectivity index (χ2n) is 6.34. The second-order valence-corrected chi connectivity index (χ2v) is 6.34. The molecule has 0 aliphatic carbocycles. The van der Waals surface area contributed by atoms with Crippen molar-refractivity contribution in [3.8, 4) is 17.2 Å². The third-order valence-corrected chi connectivity index (χ3v) is 4.71. The second kappa shape index (κ2) is 8.06. The molecule has 0 unspecified atom stereocenters. The SMILES string of the molecule is COc1cc(OC)c(/C=N/Nc2c3ccccc3nc3ccccc23)c(OC)c1. The number of nitrogens with zero attached hydrogens (tertiary/aromatic N) is 2. The van der Waals surface area contributed by atoms with Crippen molar-refractivity contribution >= 4 is 33.7 Å². The number of benzene rings is 3. The zero-order valence-corrected chi connectivity index (χ0v) is 16.5. The molecule has 0 atom stereocenters. The van der Waals surface area contributed by atoms with Gasteiger partial charge in [0.15, 0.2) is 0 Å². The Bertz CT molecular complexity index is 1130. The fourth-order valence-electron chi connectivity index (χ4n) is 3.28. The van der Waals surface area contributed by atoms with Crippen LogP contribution in [0.1, 0.15) is 5.56 Å². The first-order valence-corrected chi connectivity index (χ1v) is 9.11. The smallest absolute Gasteiger partial charge is 0.135 e. The monoisotopic (exact) mass is 387 g/mol. The lowest BCUT2D eigenvalue weighted by Gasteiger charge is -2.13. The van der Waals surface area contributed by atoms with Crippen LogP contribution < -0.4 is 19.6 Å². The molecule has 4 rings (SSSR count). The lowest BCUT2D eigenvalue weighted by atomic mass is 10.1. The predicted octanol–water partition coefficient (Wildman–Crippen LogP) is 4.86. The minimum Gasteiger partial charge on any atom is -0.496 e. The van der Waals surface area contributed by atoms with Crippen molar-refractivity contribution in [2.75, 3.05) is 26.8 Å². The van der Waals surface area contributed by atoms with E-state index in [9.17, 15) is 0 Å². The lowest BCUT2D eigenvalue weighted by molar-refractivity contribution is 0.374. The highest BCUT2D eigenvalue weighted by molar-refractivity contribution is 6.07. The van der Waals surface area contributed by atoms with E-state index in [1.54, 1.807) is 39.7 Å². The summed E-state index contributed by atoms with van der Waals surface area (Å²) in [5, 5.41) is 6.48. The van der Waals surface area contributed by atoms with Crippen LogP contribution in [0.3, 0.4) is 0 Å². The molecule has 0 saturated carbocycles. The van der Waals surface area contributed by atoms with E-state index >= 15 is 0 Å². The molecule has 4 aromatic rings. The number of hydrogen-bond acceptors (Lipinski definition) is 6. The van der Waals surface area contributed by atoms with Crippen molar-refractivity contribution in [1.82, 2.24) is 4.98 Å². The summed E-state index contributed by atoms with van der Waals surface area (Å²) in [6.45, 7) is 0. The van der Waals surface area contributed by atoms with Gasteiger partial charge in [-0.2, -0.15) is 5.10 Å². The third-order valence-electron chi connectivity index (χ3n) is 4.71. The predicted molar refractivity (Wildman–Crippen MR) is 117 cm³/mol. The molecule has 0 spiro atoms. The van der Waals surface area contributed by atoms with E-state index in [2.05, 4.69) is 10.5 Å². The van der Waals surface area contributed by atoms with Gasteiger partial charge in [-0.3, -0.25) is 5.43 Å². The molecule has 0 saturated heterocycles. The Morgan fingerprint density at radius 2 is 1.34 bits per heavy atom. The van der Waals surface area contributed by atoms with Crippen molar-refractivity contribution in [3.63, 3.8) is 0 Å². The number of fused-ring (bicyclic) bond motifs is 2. The minimum atomic E-state index is 0.608. The molecule has 146 valence electrons. The van der Waals surface area contributed by atoms with Crippen molar-refractivity contribution in [1.29, 1.82) is 0 Å². The van der Waals surface area contributed by atoms with Crippen LogP contribution in [0.15, 0.2) is 65.8 Å². The van der Waals surface area contributed by atoms with Crippen molar-refractivity contribution in [2.45, 2.75) is 0 Å². The first kappa shape index (κ1) is 18.6. The van der Waals surface area contributed by atoms with Crippen LogP contribution in [0.2, 0.25) is 0 Å². The van der Waals surface area contributed by atoms with Gasteiger partial charge in [0, 0.05) is 22.9 Å².